The molecule has 120 valence electrons. The Labute approximate surface area is 132 Å². The summed E-state index contributed by atoms with van der Waals surface area (Å²) in [6.07, 6.45) is 5.34. The molecule has 2 atom stereocenters. The summed E-state index contributed by atoms with van der Waals surface area (Å²) in [5.41, 5.74) is 2.03. The van der Waals surface area contributed by atoms with Crippen LogP contribution in [0.15, 0.2) is 18.2 Å². The van der Waals surface area contributed by atoms with E-state index < -0.39 is 0 Å². The van der Waals surface area contributed by atoms with Gasteiger partial charge in [-0.2, -0.15) is 0 Å². The molecule has 0 saturated heterocycles. The number of ether oxygens (including phenoxy) is 2. The Morgan fingerprint density at radius 2 is 2.27 bits per heavy atom. The molecule has 4 nitrogen and oxygen atoms in total. The van der Waals surface area contributed by atoms with Crippen molar-refractivity contribution in [2.75, 3.05) is 6.61 Å². The lowest BCUT2D eigenvalue weighted by Crippen LogP contribution is -2.30. The van der Waals surface area contributed by atoms with Gasteiger partial charge in [-0.05, 0) is 45.4 Å². The Kier molecular flexibility index (Phi) is 5.47. The molecule has 1 N–H and O–H groups in total. The first kappa shape index (κ1) is 16.4. The van der Waals surface area contributed by atoms with E-state index in [1.165, 1.54) is 0 Å². The third kappa shape index (κ3) is 4.03. The number of nitrogens with one attached hydrogen (secondary N) is 1. The Bertz CT molecular complexity index is 566. The van der Waals surface area contributed by atoms with E-state index in [9.17, 15) is 4.79 Å². The molecule has 2 rings (SSSR count). The van der Waals surface area contributed by atoms with Crippen LogP contribution in [-0.4, -0.2) is 24.7 Å². The van der Waals surface area contributed by atoms with E-state index in [1.807, 2.05) is 32.9 Å². The lowest BCUT2D eigenvalue weighted by molar-refractivity contribution is -0.117. The highest BCUT2D eigenvalue weighted by Gasteiger charge is 2.21. The van der Waals surface area contributed by atoms with E-state index >= 15 is 0 Å². The van der Waals surface area contributed by atoms with E-state index in [0.29, 0.717) is 6.61 Å². The smallest absolute Gasteiger partial charge is 0.244 e. The topological polar surface area (TPSA) is 47.6 Å². The fourth-order valence-corrected chi connectivity index (χ4v) is 2.42. The van der Waals surface area contributed by atoms with E-state index in [1.54, 1.807) is 12.2 Å². The second kappa shape index (κ2) is 7.34. The first-order valence-corrected chi connectivity index (χ1v) is 7.98. The van der Waals surface area contributed by atoms with E-state index in [4.69, 9.17) is 9.47 Å². The van der Waals surface area contributed by atoms with Gasteiger partial charge in [0.25, 0.3) is 0 Å². The minimum atomic E-state index is -0.0911. The van der Waals surface area contributed by atoms with Crippen molar-refractivity contribution in [3.8, 4) is 11.5 Å². The van der Waals surface area contributed by atoms with Gasteiger partial charge in [-0.25, -0.2) is 0 Å². The molecule has 1 amide bonds. The van der Waals surface area contributed by atoms with E-state index in [0.717, 1.165) is 35.5 Å². The molecule has 2 unspecified atom stereocenters. The molecule has 1 aromatic carbocycles. The van der Waals surface area contributed by atoms with E-state index in [2.05, 4.69) is 12.2 Å². The van der Waals surface area contributed by atoms with Crippen LogP contribution in [0.4, 0.5) is 0 Å². The summed E-state index contributed by atoms with van der Waals surface area (Å²) < 4.78 is 11.5. The zero-order valence-electron chi connectivity index (χ0n) is 13.8. The van der Waals surface area contributed by atoms with Crippen molar-refractivity contribution in [1.29, 1.82) is 0 Å². The number of rotatable bonds is 6. The molecular formula is C18H25NO3. The largest absolute Gasteiger partial charge is 0.493 e. The van der Waals surface area contributed by atoms with Crippen LogP contribution in [0.1, 0.15) is 45.2 Å². The van der Waals surface area contributed by atoms with Gasteiger partial charge in [0.1, 0.15) is 17.6 Å². The maximum absolute atomic E-state index is 11.9. The zero-order chi connectivity index (χ0) is 16.1. The van der Waals surface area contributed by atoms with Gasteiger partial charge in [0.2, 0.25) is 5.91 Å². The average Bonchev–Trinajstić information content (AvgIpc) is 2.84. The summed E-state index contributed by atoms with van der Waals surface area (Å²) in [6, 6.07) is 4.15. The molecule has 22 heavy (non-hydrogen) atoms. The number of carbonyl (C=O) groups is 1. The van der Waals surface area contributed by atoms with Crippen LogP contribution < -0.4 is 14.8 Å². The minimum Gasteiger partial charge on any atom is -0.493 e. The van der Waals surface area contributed by atoms with Gasteiger partial charge in [-0.15, -0.1) is 0 Å². The van der Waals surface area contributed by atoms with E-state index in [-0.39, 0.29) is 18.1 Å². The molecule has 0 bridgehead atoms. The van der Waals surface area contributed by atoms with Crippen LogP contribution in [0.2, 0.25) is 0 Å². The van der Waals surface area contributed by atoms with Crippen LogP contribution in [0, 0.1) is 0 Å². The summed E-state index contributed by atoms with van der Waals surface area (Å²) in [7, 11) is 0. The predicted octanol–water partition coefficient (Wildman–Crippen LogP) is 3.34. The van der Waals surface area contributed by atoms with Gasteiger partial charge in [0.15, 0.2) is 0 Å². The summed E-state index contributed by atoms with van der Waals surface area (Å²) in [4.78, 5) is 11.9. The molecule has 0 spiro atoms. The predicted molar refractivity (Wildman–Crippen MR) is 88.3 cm³/mol. The minimum absolute atomic E-state index is 0.0911. The maximum atomic E-state index is 11.9. The molecule has 1 heterocycles. The van der Waals surface area contributed by atoms with Gasteiger partial charge in [0.05, 0.1) is 6.61 Å². The maximum Gasteiger partial charge on any atom is 0.244 e. The number of hydrogen-bond acceptors (Lipinski definition) is 3. The number of benzene rings is 1. The number of hydrogen-bond donors (Lipinski definition) is 1. The Hall–Kier alpha value is -1.97. The van der Waals surface area contributed by atoms with Gasteiger partial charge in [0, 0.05) is 29.7 Å². The molecule has 1 aliphatic heterocycles. The molecule has 0 fully saturated rings. The lowest BCUT2D eigenvalue weighted by Gasteiger charge is -2.11. The molecule has 1 aromatic rings. The standard InChI is InChI=1S/C18H25NO3/c1-5-12(3)19-18(20)8-7-14-10-17-15(9-13(4)22-17)11-16(14)21-6-2/h7-8,10-13H,5-6,9H2,1-4H3,(H,19,20)/b8-7+. The summed E-state index contributed by atoms with van der Waals surface area (Å²) in [6.45, 7) is 8.63. The fraction of sp³-hybridized carbons (Fsp3) is 0.500. The van der Waals surface area contributed by atoms with Gasteiger partial charge in [-0.3, -0.25) is 4.79 Å². The molecule has 0 saturated carbocycles. The molecular weight excluding hydrogens is 278 g/mol. The molecule has 0 radical (unpaired) electrons. The Balaban J connectivity index is 2.19. The molecule has 4 heteroatoms. The van der Waals surface area contributed by atoms with Crippen LogP contribution >= 0.6 is 0 Å². The quantitative estimate of drug-likeness (QED) is 0.820. The van der Waals surface area contributed by atoms with Crippen molar-refractivity contribution in [2.45, 2.75) is 52.7 Å². The normalized spacial score (nSPS) is 17.9. The monoisotopic (exact) mass is 303 g/mol. The van der Waals surface area contributed by atoms with Crippen LogP contribution in [-0.2, 0) is 11.2 Å². The van der Waals surface area contributed by atoms with Crippen LogP contribution in [0.5, 0.6) is 11.5 Å². The Morgan fingerprint density at radius 1 is 1.50 bits per heavy atom. The highest BCUT2D eigenvalue weighted by molar-refractivity contribution is 5.92. The second-order valence-corrected chi connectivity index (χ2v) is 5.71. The van der Waals surface area contributed by atoms with Crippen molar-refractivity contribution in [3.05, 3.63) is 29.3 Å². The third-order valence-electron chi connectivity index (χ3n) is 3.74. The Morgan fingerprint density at radius 3 is 2.95 bits per heavy atom. The number of amides is 1. The lowest BCUT2D eigenvalue weighted by atomic mass is 10.1. The zero-order valence-corrected chi connectivity index (χ0v) is 13.8. The highest BCUT2D eigenvalue weighted by atomic mass is 16.5. The fourth-order valence-electron chi connectivity index (χ4n) is 2.42. The van der Waals surface area contributed by atoms with Gasteiger partial charge in [-0.1, -0.05) is 6.92 Å². The van der Waals surface area contributed by atoms with Gasteiger partial charge >= 0.3 is 0 Å². The second-order valence-electron chi connectivity index (χ2n) is 5.71. The first-order valence-electron chi connectivity index (χ1n) is 7.98. The SMILES string of the molecule is CCOc1cc2c(cc1/C=C/C(=O)NC(C)CC)OC(C)C2. The molecule has 0 aliphatic carbocycles. The van der Waals surface area contributed by atoms with Crippen molar-refractivity contribution >= 4 is 12.0 Å². The molecule has 1 aliphatic rings. The van der Waals surface area contributed by atoms with Crippen molar-refractivity contribution in [2.24, 2.45) is 0 Å². The summed E-state index contributed by atoms with van der Waals surface area (Å²) in [5, 5.41) is 2.91. The third-order valence-corrected chi connectivity index (χ3v) is 3.74. The number of carbonyl (C=O) groups excluding carboxylic acids is 1. The van der Waals surface area contributed by atoms with Crippen molar-refractivity contribution < 1.29 is 14.3 Å². The average molecular weight is 303 g/mol. The highest BCUT2D eigenvalue weighted by Crippen LogP contribution is 2.35. The summed E-state index contributed by atoms with van der Waals surface area (Å²) in [5.74, 6) is 1.59. The van der Waals surface area contributed by atoms with Gasteiger partial charge < -0.3 is 14.8 Å². The number of fused-ring (bicyclic) bond motifs is 1. The summed E-state index contributed by atoms with van der Waals surface area (Å²) >= 11 is 0. The van der Waals surface area contributed by atoms with Crippen molar-refractivity contribution in [3.63, 3.8) is 0 Å². The molecule has 0 aromatic heterocycles. The van der Waals surface area contributed by atoms with Crippen molar-refractivity contribution in [1.82, 2.24) is 5.32 Å². The first-order chi connectivity index (χ1) is 10.5. The van der Waals surface area contributed by atoms with Crippen LogP contribution in [0.3, 0.4) is 0 Å². The van der Waals surface area contributed by atoms with Crippen LogP contribution in [0.25, 0.3) is 6.08 Å².